The summed E-state index contributed by atoms with van der Waals surface area (Å²) in [5, 5.41) is 47.7. The first kappa shape index (κ1) is 61.9. The first-order valence-electron chi connectivity index (χ1n) is 23.1. The van der Waals surface area contributed by atoms with Crippen molar-refractivity contribution in [1.82, 2.24) is 42.1 Å². The maximum atomic E-state index is 14.7. The van der Waals surface area contributed by atoms with Gasteiger partial charge in [0.05, 0.1) is 31.7 Å². The molecule has 0 bridgehead atoms. The number of benzene rings is 1. The van der Waals surface area contributed by atoms with Gasteiger partial charge in [-0.05, 0) is 49.3 Å². The molecule has 11 amide bonds. The molecule has 72 heavy (non-hydrogen) atoms. The van der Waals surface area contributed by atoms with Gasteiger partial charge in [0.15, 0.2) is 0 Å². The fourth-order valence-corrected chi connectivity index (χ4v) is 9.21. The third-order valence-corrected chi connectivity index (χ3v) is 13.6. The third kappa shape index (κ3) is 21.2. The van der Waals surface area contributed by atoms with Gasteiger partial charge in [-0.25, -0.2) is 0 Å². The number of nitrogens with zero attached hydrogens (tertiary/aromatic N) is 1. The van der Waals surface area contributed by atoms with Crippen molar-refractivity contribution in [3.8, 4) is 5.75 Å². The predicted octanol–water partition coefficient (Wildman–Crippen LogP) is -5.03. The number of nitrogens with two attached hydrogens (primary N) is 4. The van der Waals surface area contributed by atoms with Crippen LogP contribution in [0.4, 0.5) is 0 Å². The molecule has 0 saturated carbocycles. The summed E-state index contributed by atoms with van der Waals surface area (Å²) in [6.07, 6.45) is -3.24. The number of carbonyl (C=O) groups excluding carboxylic acids is 11. The molecule has 0 radical (unpaired) electrons. The molecule has 1 aromatic rings. The number of aliphatic hydroxyl groups is 2. The molecule has 1 heterocycles. The topological polar surface area (TPSA) is 440 Å². The lowest BCUT2D eigenvalue weighted by Crippen LogP contribution is -2.62. The number of aliphatic hydroxyl groups excluding tert-OH is 2. The van der Waals surface area contributed by atoms with Crippen LogP contribution in [0.1, 0.15) is 72.3 Å². The molecule has 402 valence electrons. The van der Waals surface area contributed by atoms with Gasteiger partial charge >= 0.3 is 0 Å². The number of phenolic OH excluding ortho intramolecular Hbond substituents is 1. The number of primary amides is 3. The van der Waals surface area contributed by atoms with Crippen molar-refractivity contribution in [3.63, 3.8) is 0 Å². The van der Waals surface area contributed by atoms with Gasteiger partial charge < -0.3 is 80.4 Å². The summed E-state index contributed by atoms with van der Waals surface area (Å²) in [6.45, 7) is 5.91. The Labute approximate surface area is 424 Å². The standard InChI is InChI=1S/C44H70N12O14S2/c1-6-22(4)36-43(69)50-28(11-12-33(46)60)40(66)53-31(15-34(47)61)41(67)54-32(20-72-71-19-27(45)38(64)52-30(42(68)55-36)14-24-7-9-25(58)10-8-24)44(70)56(17-26(59)18-57)23(5)37(63)51-29(13-21(2)3)39(65)49-16-35(48)62/h7-10,21-23,26-32,36,57-59H,6,11-20,45H2,1-5H3,(H2,46,60)(H2,47,61)(H2,48,62)(H,49,65)(H,50,69)(H,51,63)(H,52,64)(H,53,66)(H,54,67)(H,55,68)/t22-,23-,26-,27-,28-,29-,30-,31-,32-,36-/m0/s1. The average Bonchev–Trinajstić information content (AvgIpc) is 3.31. The zero-order chi connectivity index (χ0) is 54.4. The molecule has 0 aliphatic carbocycles. The third-order valence-electron chi connectivity index (χ3n) is 11.2. The molecular formula is C44H70N12O14S2. The lowest BCUT2D eigenvalue weighted by molar-refractivity contribution is -0.145. The Hall–Kier alpha value is -6.23. The van der Waals surface area contributed by atoms with Gasteiger partial charge in [0.1, 0.15) is 48.0 Å². The monoisotopic (exact) mass is 1050 g/mol. The van der Waals surface area contributed by atoms with Crippen molar-refractivity contribution in [1.29, 1.82) is 0 Å². The van der Waals surface area contributed by atoms with Gasteiger partial charge in [-0.2, -0.15) is 0 Å². The van der Waals surface area contributed by atoms with Crippen molar-refractivity contribution in [3.05, 3.63) is 29.8 Å². The van der Waals surface area contributed by atoms with Crippen LogP contribution in [-0.2, 0) is 59.2 Å². The molecular weight excluding hydrogens is 985 g/mol. The summed E-state index contributed by atoms with van der Waals surface area (Å²) in [4.78, 5) is 148. The van der Waals surface area contributed by atoms with Crippen LogP contribution in [0, 0.1) is 11.8 Å². The summed E-state index contributed by atoms with van der Waals surface area (Å²) >= 11 is 0. The normalized spacial score (nSPS) is 22.5. The van der Waals surface area contributed by atoms with E-state index in [1.165, 1.54) is 31.2 Å². The highest BCUT2D eigenvalue weighted by Crippen LogP contribution is 2.24. The second kappa shape index (κ2) is 30.6. The van der Waals surface area contributed by atoms with E-state index in [2.05, 4.69) is 37.2 Å². The molecule has 10 atom stereocenters. The second-order valence-electron chi connectivity index (χ2n) is 17.7. The van der Waals surface area contributed by atoms with E-state index in [-0.39, 0.29) is 30.3 Å². The Bertz CT molecular complexity index is 2090. The van der Waals surface area contributed by atoms with Gasteiger partial charge in [-0.15, -0.1) is 0 Å². The molecule has 1 saturated heterocycles. The molecule has 1 fully saturated rings. The van der Waals surface area contributed by atoms with Crippen LogP contribution in [0.2, 0.25) is 0 Å². The van der Waals surface area contributed by atoms with Gasteiger partial charge in [-0.3, -0.25) is 52.7 Å². The Kier molecular flexibility index (Phi) is 26.3. The molecule has 26 nitrogen and oxygen atoms in total. The SMILES string of the molecule is CC[C@H](C)[C@@H]1NC(=O)[C@H](Cc2ccc(O)cc2)NC(=O)[C@@H](N)CSSC[C@@H](C(=O)N(C[C@H](O)CO)[C@@H](C)C(=O)N[C@@H](CC(C)C)C(=O)NCC(N)=O)NC(=O)[C@H](CC(N)=O)NC(=O)[C@H](CCC(N)=O)NC1=O. The molecule has 28 heteroatoms. The van der Waals surface area contributed by atoms with Crippen LogP contribution in [0.15, 0.2) is 24.3 Å². The zero-order valence-corrected chi connectivity index (χ0v) is 42.5. The van der Waals surface area contributed by atoms with Crippen molar-refractivity contribution < 1.29 is 68.1 Å². The highest BCUT2D eigenvalue weighted by atomic mass is 33.1. The minimum Gasteiger partial charge on any atom is -0.508 e. The lowest BCUT2D eigenvalue weighted by atomic mass is 9.96. The lowest BCUT2D eigenvalue weighted by Gasteiger charge is -2.34. The molecule has 18 N–H and O–H groups in total. The second-order valence-corrected chi connectivity index (χ2v) is 20.3. The van der Waals surface area contributed by atoms with E-state index in [1.807, 2.05) is 0 Å². The summed E-state index contributed by atoms with van der Waals surface area (Å²) in [5.41, 5.74) is 22.9. The van der Waals surface area contributed by atoms with E-state index < -0.39 is 170 Å². The number of aromatic hydroxyl groups is 1. The first-order chi connectivity index (χ1) is 33.8. The molecule has 0 aromatic heterocycles. The number of carbonyl (C=O) groups is 11. The van der Waals surface area contributed by atoms with Crippen LogP contribution in [0.3, 0.4) is 0 Å². The zero-order valence-electron chi connectivity index (χ0n) is 40.8. The Morgan fingerprint density at radius 3 is 1.92 bits per heavy atom. The van der Waals surface area contributed by atoms with Crippen molar-refractivity contribution in [2.24, 2.45) is 34.8 Å². The summed E-state index contributed by atoms with van der Waals surface area (Å²) in [7, 11) is 1.83. The Morgan fingerprint density at radius 1 is 0.764 bits per heavy atom. The smallest absolute Gasteiger partial charge is 0.246 e. The highest BCUT2D eigenvalue weighted by molar-refractivity contribution is 8.76. The minimum absolute atomic E-state index is 0.0632. The maximum absolute atomic E-state index is 14.7. The fourth-order valence-electron chi connectivity index (χ4n) is 6.93. The fraction of sp³-hybridized carbons (Fsp3) is 0.614. The molecule has 0 spiro atoms. The number of amides is 11. The van der Waals surface area contributed by atoms with Crippen LogP contribution < -0.4 is 60.2 Å². The van der Waals surface area contributed by atoms with Gasteiger partial charge in [0.2, 0.25) is 65.0 Å². The summed E-state index contributed by atoms with van der Waals surface area (Å²) in [6, 6.07) is -6.31. The molecule has 1 aliphatic heterocycles. The average molecular weight is 1060 g/mol. The van der Waals surface area contributed by atoms with Crippen LogP contribution in [0.25, 0.3) is 0 Å². The van der Waals surface area contributed by atoms with E-state index in [9.17, 15) is 68.1 Å². The van der Waals surface area contributed by atoms with Crippen LogP contribution >= 0.6 is 21.6 Å². The quantitative estimate of drug-likeness (QED) is 0.0513. The van der Waals surface area contributed by atoms with Crippen molar-refractivity contribution in [2.75, 3.05) is 31.2 Å². The van der Waals surface area contributed by atoms with Crippen molar-refractivity contribution in [2.45, 2.75) is 128 Å². The van der Waals surface area contributed by atoms with Gasteiger partial charge in [0, 0.05) is 30.9 Å². The van der Waals surface area contributed by atoms with E-state index in [0.717, 1.165) is 26.5 Å². The minimum atomic E-state index is -1.86. The maximum Gasteiger partial charge on any atom is 0.246 e. The molecule has 1 aliphatic rings. The number of rotatable bonds is 21. The highest BCUT2D eigenvalue weighted by Gasteiger charge is 2.38. The number of hydrogen-bond donors (Lipinski definition) is 14. The van der Waals surface area contributed by atoms with Gasteiger partial charge in [0.25, 0.3) is 0 Å². The largest absolute Gasteiger partial charge is 0.508 e. The molecule has 0 unspecified atom stereocenters. The van der Waals surface area contributed by atoms with Crippen molar-refractivity contribution >= 4 is 86.6 Å². The predicted molar refractivity (Wildman–Crippen MR) is 264 cm³/mol. The van der Waals surface area contributed by atoms with E-state index in [4.69, 9.17) is 22.9 Å². The molecule has 1 aromatic carbocycles. The van der Waals surface area contributed by atoms with E-state index in [1.54, 1.807) is 27.7 Å². The Balaban J connectivity index is 2.74. The van der Waals surface area contributed by atoms with Gasteiger partial charge in [-0.1, -0.05) is 67.8 Å². The van der Waals surface area contributed by atoms with Crippen LogP contribution in [0.5, 0.6) is 5.75 Å². The number of nitrogens with one attached hydrogen (secondary N) is 7. The summed E-state index contributed by atoms with van der Waals surface area (Å²) < 4.78 is 0. The first-order valence-corrected chi connectivity index (χ1v) is 25.6. The number of phenols is 1. The Morgan fingerprint density at radius 2 is 1.35 bits per heavy atom. The van der Waals surface area contributed by atoms with Crippen LogP contribution in [-0.4, -0.2) is 171 Å². The van der Waals surface area contributed by atoms with E-state index >= 15 is 0 Å². The molecule has 2 rings (SSSR count). The van der Waals surface area contributed by atoms with E-state index in [0.29, 0.717) is 12.0 Å². The summed E-state index contributed by atoms with van der Waals surface area (Å²) in [5.74, 6) is -12.0. The number of hydrogen-bond acceptors (Lipinski definition) is 17.